The molecule has 0 amide bonds. The molecular weight excluding hydrogens is 308 g/mol. The predicted octanol–water partition coefficient (Wildman–Crippen LogP) is -0.572. The summed E-state index contributed by atoms with van der Waals surface area (Å²) in [6.45, 7) is 2.44. The standard InChI is InChI=1S/C13H20N4O4S/c1-4-16-8-17(22(20,21)7-9-5-6-9)11-10(16)12(18)15(3)13(19)14(11)2/h9H,4-8H2,1-3H3. The number of hydrogen-bond acceptors (Lipinski definition) is 5. The van der Waals surface area contributed by atoms with E-state index in [2.05, 4.69) is 0 Å². The Balaban J connectivity index is 2.20. The number of hydrogen-bond donors (Lipinski definition) is 0. The summed E-state index contributed by atoms with van der Waals surface area (Å²) < 4.78 is 28.8. The Morgan fingerprint density at radius 2 is 1.77 bits per heavy atom. The van der Waals surface area contributed by atoms with E-state index in [0.717, 1.165) is 17.4 Å². The van der Waals surface area contributed by atoms with E-state index in [0.29, 0.717) is 6.54 Å². The fraction of sp³-hybridized carbons (Fsp3) is 0.692. The lowest BCUT2D eigenvalue weighted by molar-refractivity contribution is 0.585. The minimum atomic E-state index is -3.54. The van der Waals surface area contributed by atoms with E-state index in [-0.39, 0.29) is 29.8 Å². The van der Waals surface area contributed by atoms with Gasteiger partial charge in [-0.15, -0.1) is 0 Å². The highest BCUT2D eigenvalue weighted by Gasteiger charge is 2.40. The Hall–Kier alpha value is -1.77. The molecule has 9 heteroatoms. The Labute approximate surface area is 128 Å². The average Bonchev–Trinajstić information content (AvgIpc) is 3.17. The molecule has 0 aromatic carbocycles. The highest BCUT2D eigenvalue weighted by molar-refractivity contribution is 7.92. The number of fused-ring (bicyclic) bond motifs is 1. The first-order chi connectivity index (χ1) is 10.3. The molecule has 1 aromatic rings. The molecule has 0 saturated heterocycles. The summed E-state index contributed by atoms with van der Waals surface area (Å²) >= 11 is 0. The van der Waals surface area contributed by atoms with Crippen LogP contribution < -0.4 is 20.5 Å². The molecule has 1 fully saturated rings. The quantitative estimate of drug-likeness (QED) is 0.739. The molecule has 0 radical (unpaired) electrons. The van der Waals surface area contributed by atoms with E-state index in [4.69, 9.17) is 0 Å². The molecule has 0 unspecified atom stereocenters. The lowest BCUT2D eigenvalue weighted by atomic mass is 10.4. The lowest BCUT2D eigenvalue weighted by Crippen LogP contribution is -2.40. The summed E-state index contributed by atoms with van der Waals surface area (Å²) in [5, 5.41) is 0. The molecule has 2 aliphatic rings. The number of sulfonamides is 1. The molecule has 8 nitrogen and oxygen atoms in total. The SMILES string of the molecule is CCN1CN(S(=O)(=O)CC2CC2)c2c1c(=O)n(C)c(=O)n2C. The van der Waals surface area contributed by atoms with Crippen LogP contribution in [0.3, 0.4) is 0 Å². The predicted molar refractivity (Wildman–Crippen MR) is 83.8 cm³/mol. The van der Waals surface area contributed by atoms with Crippen molar-refractivity contribution < 1.29 is 8.42 Å². The van der Waals surface area contributed by atoms with Gasteiger partial charge >= 0.3 is 5.69 Å². The number of aromatic nitrogens is 2. The zero-order valence-corrected chi connectivity index (χ0v) is 13.8. The highest BCUT2D eigenvalue weighted by atomic mass is 32.2. The molecule has 0 atom stereocenters. The number of rotatable bonds is 4. The Morgan fingerprint density at radius 1 is 1.14 bits per heavy atom. The molecule has 1 aromatic heterocycles. The third-order valence-corrected chi connectivity index (χ3v) is 6.18. The summed E-state index contributed by atoms with van der Waals surface area (Å²) in [7, 11) is -0.636. The largest absolute Gasteiger partial charge is 0.346 e. The summed E-state index contributed by atoms with van der Waals surface area (Å²) in [5.74, 6) is 0.469. The molecule has 122 valence electrons. The van der Waals surface area contributed by atoms with Crippen LogP contribution >= 0.6 is 0 Å². The van der Waals surface area contributed by atoms with Gasteiger partial charge in [-0.3, -0.25) is 13.9 Å². The van der Waals surface area contributed by atoms with Gasteiger partial charge in [0, 0.05) is 20.6 Å². The Bertz CT molecular complexity index is 835. The van der Waals surface area contributed by atoms with E-state index < -0.39 is 21.3 Å². The molecule has 1 aliphatic heterocycles. The molecule has 1 aliphatic carbocycles. The van der Waals surface area contributed by atoms with Gasteiger partial charge in [0.15, 0.2) is 5.82 Å². The monoisotopic (exact) mass is 328 g/mol. The van der Waals surface area contributed by atoms with Crippen molar-refractivity contribution in [2.24, 2.45) is 20.0 Å². The molecule has 2 heterocycles. The van der Waals surface area contributed by atoms with E-state index in [9.17, 15) is 18.0 Å². The van der Waals surface area contributed by atoms with Crippen molar-refractivity contribution in [2.75, 3.05) is 28.2 Å². The van der Waals surface area contributed by atoms with Crippen molar-refractivity contribution >= 4 is 21.5 Å². The smallest absolute Gasteiger partial charge is 0.332 e. The van der Waals surface area contributed by atoms with Gasteiger partial charge in [0.05, 0.1) is 5.75 Å². The molecule has 1 saturated carbocycles. The van der Waals surface area contributed by atoms with Crippen LogP contribution in [0.1, 0.15) is 19.8 Å². The van der Waals surface area contributed by atoms with Crippen LogP contribution in [0.25, 0.3) is 0 Å². The highest BCUT2D eigenvalue weighted by Crippen LogP contribution is 2.37. The van der Waals surface area contributed by atoms with Crippen LogP contribution in [0.15, 0.2) is 9.59 Å². The number of nitrogens with zero attached hydrogens (tertiary/aromatic N) is 4. The molecular formula is C13H20N4O4S. The van der Waals surface area contributed by atoms with Crippen LogP contribution in [0, 0.1) is 5.92 Å². The minimum Gasteiger partial charge on any atom is -0.346 e. The summed E-state index contributed by atoms with van der Waals surface area (Å²) in [6.07, 6.45) is 1.85. The second kappa shape index (κ2) is 4.87. The number of anilines is 2. The second-order valence-corrected chi connectivity index (χ2v) is 7.88. The van der Waals surface area contributed by atoms with Crippen LogP contribution in [0.2, 0.25) is 0 Å². The minimum absolute atomic E-state index is 0.0768. The van der Waals surface area contributed by atoms with E-state index in [1.165, 1.54) is 23.0 Å². The molecule has 0 bridgehead atoms. The van der Waals surface area contributed by atoms with Gasteiger partial charge in [0.25, 0.3) is 5.56 Å². The maximum atomic E-state index is 12.6. The first-order valence-electron chi connectivity index (χ1n) is 7.33. The van der Waals surface area contributed by atoms with Crippen molar-refractivity contribution in [1.29, 1.82) is 0 Å². The maximum Gasteiger partial charge on any atom is 0.332 e. The molecule has 0 spiro atoms. The fourth-order valence-corrected chi connectivity index (χ4v) is 4.72. The van der Waals surface area contributed by atoms with Crippen molar-refractivity contribution in [3.8, 4) is 0 Å². The first-order valence-corrected chi connectivity index (χ1v) is 8.94. The maximum absolute atomic E-state index is 12.6. The van der Waals surface area contributed by atoms with E-state index in [1.807, 2.05) is 6.92 Å². The summed E-state index contributed by atoms with van der Waals surface area (Å²) in [6, 6.07) is 0. The second-order valence-electron chi connectivity index (χ2n) is 5.95. The molecule has 0 N–H and O–H groups in total. The van der Waals surface area contributed by atoms with E-state index in [1.54, 1.807) is 4.90 Å². The van der Waals surface area contributed by atoms with E-state index >= 15 is 0 Å². The average molecular weight is 328 g/mol. The molecule has 3 rings (SSSR count). The van der Waals surface area contributed by atoms with Crippen molar-refractivity contribution in [3.05, 3.63) is 20.8 Å². The molecule has 22 heavy (non-hydrogen) atoms. The summed E-state index contributed by atoms with van der Waals surface area (Å²) in [4.78, 5) is 26.2. The van der Waals surface area contributed by atoms with Crippen molar-refractivity contribution in [3.63, 3.8) is 0 Å². The topological polar surface area (TPSA) is 84.6 Å². The van der Waals surface area contributed by atoms with Gasteiger partial charge in [-0.25, -0.2) is 17.5 Å². The zero-order valence-electron chi connectivity index (χ0n) is 12.9. The van der Waals surface area contributed by atoms with Gasteiger partial charge in [0.2, 0.25) is 10.0 Å². The summed E-state index contributed by atoms with van der Waals surface area (Å²) in [5.41, 5.74) is -0.691. The first kappa shape index (κ1) is 15.1. The lowest BCUT2D eigenvalue weighted by Gasteiger charge is -2.20. The Morgan fingerprint density at radius 3 is 2.32 bits per heavy atom. The third kappa shape index (κ3) is 2.15. The van der Waals surface area contributed by atoms with Crippen LogP contribution in [-0.2, 0) is 24.1 Å². The van der Waals surface area contributed by atoms with Crippen LogP contribution in [0.5, 0.6) is 0 Å². The van der Waals surface area contributed by atoms with Gasteiger partial charge < -0.3 is 4.90 Å². The van der Waals surface area contributed by atoms with Crippen molar-refractivity contribution in [2.45, 2.75) is 19.8 Å². The van der Waals surface area contributed by atoms with Crippen LogP contribution in [-0.4, -0.2) is 36.5 Å². The van der Waals surface area contributed by atoms with Gasteiger partial charge in [0.1, 0.15) is 12.4 Å². The van der Waals surface area contributed by atoms with Crippen LogP contribution in [0.4, 0.5) is 11.5 Å². The van der Waals surface area contributed by atoms with Gasteiger partial charge in [-0.2, -0.15) is 0 Å². The third-order valence-electron chi connectivity index (χ3n) is 4.32. The van der Waals surface area contributed by atoms with Crippen molar-refractivity contribution in [1.82, 2.24) is 9.13 Å². The van der Waals surface area contributed by atoms with Gasteiger partial charge in [-0.05, 0) is 25.7 Å². The normalized spacial score (nSPS) is 18.0. The van der Waals surface area contributed by atoms with Gasteiger partial charge in [-0.1, -0.05) is 0 Å². The fourth-order valence-electron chi connectivity index (χ4n) is 2.82. The Kier molecular flexibility index (Phi) is 3.35. The zero-order chi connectivity index (χ0) is 16.2.